The number of rotatable bonds is 7. The number of hydrogen-bond acceptors (Lipinski definition) is 3. The van der Waals surface area contributed by atoms with Gasteiger partial charge in [-0.2, -0.15) is 0 Å². The van der Waals surface area contributed by atoms with Crippen molar-refractivity contribution < 1.29 is 13.2 Å². The molecule has 1 amide bonds. The maximum Gasteiger partial charge on any atom is 0.248 e. The van der Waals surface area contributed by atoms with Crippen molar-refractivity contribution in [3.8, 4) is 0 Å². The van der Waals surface area contributed by atoms with Gasteiger partial charge >= 0.3 is 0 Å². The van der Waals surface area contributed by atoms with Gasteiger partial charge in [0.1, 0.15) is 6.04 Å². The molecule has 2 aromatic rings. The zero-order chi connectivity index (χ0) is 21.1. The van der Waals surface area contributed by atoms with Crippen molar-refractivity contribution in [1.82, 2.24) is 0 Å². The molecular formula is C20H24Cl2N2O3S. The quantitative estimate of drug-likeness (QED) is 0.632. The summed E-state index contributed by atoms with van der Waals surface area (Å²) in [4.78, 5) is 13.1. The van der Waals surface area contributed by atoms with E-state index < -0.39 is 22.0 Å². The smallest absolute Gasteiger partial charge is 0.248 e. The Hall–Kier alpha value is -1.76. The van der Waals surface area contributed by atoms with Crippen LogP contribution in [0, 0.1) is 0 Å². The van der Waals surface area contributed by atoms with E-state index in [1.165, 1.54) is 12.1 Å². The Kier molecular flexibility index (Phi) is 7.37. The minimum atomic E-state index is -3.80. The fourth-order valence-electron chi connectivity index (χ4n) is 3.02. The number of sulfonamides is 1. The van der Waals surface area contributed by atoms with Gasteiger partial charge in [0.05, 0.1) is 17.0 Å². The minimum Gasteiger partial charge on any atom is -0.324 e. The normalized spacial score (nSPS) is 12.7. The molecule has 0 aliphatic carbocycles. The molecule has 0 aliphatic heterocycles. The molecule has 0 saturated heterocycles. The van der Waals surface area contributed by atoms with E-state index in [1.807, 2.05) is 32.0 Å². The lowest BCUT2D eigenvalue weighted by Gasteiger charge is -2.31. The van der Waals surface area contributed by atoms with Gasteiger partial charge in [-0.05, 0) is 42.2 Å². The molecule has 0 unspecified atom stereocenters. The van der Waals surface area contributed by atoms with Crippen LogP contribution >= 0.6 is 23.2 Å². The van der Waals surface area contributed by atoms with Crippen molar-refractivity contribution >= 4 is 50.5 Å². The van der Waals surface area contributed by atoms with Gasteiger partial charge in [0.2, 0.25) is 15.9 Å². The third kappa shape index (κ3) is 5.19. The molecule has 28 heavy (non-hydrogen) atoms. The SMILES string of the molecule is CC[C@@H](C(=O)Nc1ccccc1C(C)C)N(c1cc(Cl)ccc1Cl)S(C)(=O)=O. The van der Waals surface area contributed by atoms with Gasteiger partial charge in [0, 0.05) is 10.7 Å². The average molecular weight is 443 g/mol. The van der Waals surface area contributed by atoms with Crippen LogP contribution in [0.2, 0.25) is 10.0 Å². The van der Waals surface area contributed by atoms with E-state index in [0.29, 0.717) is 10.7 Å². The first-order chi connectivity index (χ1) is 13.1. The van der Waals surface area contributed by atoms with E-state index in [1.54, 1.807) is 19.1 Å². The van der Waals surface area contributed by atoms with Crippen LogP contribution in [0.15, 0.2) is 42.5 Å². The maximum atomic E-state index is 13.1. The summed E-state index contributed by atoms with van der Waals surface area (Å²) in [6.45, 7) is 5.79. The van der Waals surface area contributed by atoms with Crippen LogP contribution in [-0.4, -0.2) is 26.6 Å². The molecule has 2 rings (SSSR count). The number of benzene rings is 2. The van der Waals surface area contributed by atoms with Crippen molar-refractivity contribution in [3.63, 3.8) is 0 Å². The van der Waals surface area contributed by atoms with E-state index in [0.717, 1.165) is 16.1 Å². The third-order valence-electron chi connectivity index (χ3n) is 4.32. The fourth-order valence-corrected chi connectivity index (χ4v) is 4.66. The summed E-state index contributed by atoms with van der Waals surface area (Å²) >= 11 is 12.3. The van der Waals surface area contributed by atoms with Crippen molar-refractivity contribution in [2.75, 3.05) is 15.9 Å². The number of hydrogen-bond donors (Lipinski definition) is 1. The van der Waals surface area contributed by atoms with Gasteiger partial charge in [-0.25, -0.2) is 8.42 Å². The molecule has 0 bridgehead atoms. The van der Waals surface area contributed by atoms with Gasteiger partial charge in [-0.1, -0.05) is 62.2 Å². The molecule has 5 nitrogen and oxygen atoms in total. The predicted octanol–water partition coefficient (Wildman–Crippen LogP) is 5.30. The van der Waals surface area contributed by atoms with Crippen LogP contribution in [-0.2, 0) is 14.8 Å². The molecule has 0 spiro atoms. The molecule has 0 aromatic heterocycles. The van der Waals surface area contributed by atoms with Crippen molar-refractivity contribution in [3.05, 3.63) is 58.1 Å². The van der Waals surface area contributed by atoms with Gasteiger partial charge in [0.15, 0.2) is 0 Å². The number of nitrogens with zero attached hydrogens (tertiary/aromatic N) is 1. The first-order valence-electron chi connectivity index (χ1n) is 8.90. The van der Waals surface area contributed by atoms with Crippen LogP contribution in [0.5, 0.6) is 0 Å². The van der Waals surface area contributed by atoms with Gasteiger partial charge in [-0.15, -0.1) is 0 Å². The first kappa shape index (κ1) is 22.5. The van der Waals surface area contributed by atoms with Crippen molar-refractivity contribution in [2.24, 2.45) is 0 Å². The van der Waals surface area contributed by atoms with Gasteiger partial charge < -0.3 is 5.32 Å². The van der Waals surface area contributed by atoms with E-state index in [2.05, 4.69) is 5.32 Å². The number of para-hydroxylation sites is 1. The summed E-state index contributed by atoms with van der Waals surface area (Å²) in [5.74, 6) is -0.234. The Balaban J connectivity index is 2.47. The summed E-state index contributed by atoms with van der Waals surface area (Å²) in [6.07, 6.45) is 1.30. The highest BCUT2D eigenvalue weighted by molar-refractivity contribution is 7.92. The Labute approximate surface area is 176 Å². The summed E-state index contributed by atoms with van der Waals surface area (Å²) in [5, 5.41) is 3.40. The highest BCUT2D eigenvalue weighted by atomic mass is 35.5. The Morgan fingerprint density at radius 2 is 1.79 bits per heavy atom. The first-order valence-corrected chi connectivity index (χ1v) is 11.5. The topological polar surface area (TPSA) is 66.5 Å². The standard InChI is InChI=1S/C20H24Cl2N2O3S/c1-5-18(20(25)23-17-9-7-6-8-15(17)13(2)3)24(28(4,26)27)19-12-14(21)10-11-16(19)22/h6-13,18H,5H2,1-4H3,(H,23,25)/t18-/m0/s1. The second-order valence-electron chi connectivity index (χ2n) is 6.81. The number of carbonyl (C=O) groups is 1. The number of nitrogens with one attached hydrogen (secondary N) is 1. The van der Waals surface area contributed by atoms with Gasteiger partial charge in [0.25, 0.3) is 0 Å². The molecular weight excluding hydrogens is 419 g/mol. The Morgan fingerprint density at radius 1 is 1.14 bits per heavy atom. The molecule has 1 atom stereocenters. The molecule has 8 heteroatoms. The van der Waals surface area contributed by atoms with Crippen LogP contribution < -0.4 is 9.62 Å². The lowest BCUT2D eigenvalue weighted by molar-refractivity contribution is -0.117. The monoisotopic (exact) mass is 442 g/mol. The maximum absolute atomic E-state index is 13.1. The minimum absolute atomic E-state index is 0.177. The molecule has 0 saturated carbocycles. The second kappa shape index (κ2) is 9.16. The number of halogens is 2. The van der Waals surface area contributed by atoms with E-state index in [-0.39, 0.29) is 23.0 Å². The molecule has 0 heterocycles. The zero-order valence-corrected chi connectivity index (χ0v) is 18.6. The third-order valence-corrected chi connectivity index (χ3v) is 6.04. The van der Waals surface area contributed by atoms with E-state index in [9.17, 15) is 13.2 Å². The van der Waals surface area contributed by atoms with Crippen molar-refractivity contribution in [2.45, 2.75) is 39.2 Å². The van der Waals surface area contributed by atoms with Crippen molar-refractivity contribution in [1.29, 1.82) is 0 Å². The summed E-state index contributed by atoms with van der Waals surface area (Å²) in [5.41, 5.74) is 1.81. The summed E-state index contributed by atoms with van der Waals surface area (Å²) < 4.78 is 26.2. The molecule has 1 N–H and O–H groups in total. The molecule has 0 fully saturated rings. The summed E-state index contributed by atoms with van der Waals surface area (Å²) in [7, 11) is -3.80. The lowest BCUT2D eigenvalue weighted by atomic mass is 10.0. The largest absolute Gasteiger partial charge is 0.324 e. The number of carbonyl (C=O) groups excluding carboxylic acids is 1. The van der Waals surface area contributed by atoms with Crippen LogP contribution in [0.3, 0.4) is 0 Å². The highest BCUT2D eigenvalue weighted by Crippen LogP contribution is 2.33. The van der Waals surface area contributed by atoms with Crippen LogP contribution in [0.1, 0.15) is 38.7 Å². The molecule has 0 aliphatic rings. The van der Waals surface area contributed by atoms with Crippen LogP contribution in [0.4, 0.5) is 11.4 Å². The zero-order valence-electron chi connectivity index (χ0n) is 16.2. The molecule has 2 aromatic carbocycles. The molecule has 0 radical (unpaired) electrons. The predicted molar refractivity (Wildman–Crippen MR) is 117 cm³/mol. The highest BCUT2D eigenvalue weighted by Gasteiger charge is 2.33. The Bertz CT molecular complexity index is 962. The fraction of sp³-hybridized carbons (Fsp3) is 0.350. The van der Waals surface area contributed by atoms with E-state index >= 15 is 0 Å². The van der Waals surface area contributed by atoms with E-state index in [4.69, 9.17) is 23.2 Å². The second-order valence-corrected chi connectivity index (χ2v) is 9.51. The summed E-state index contributed by atoms with van der Waals surface area (Å²) in [6, 6.07) is 11.0. The molecule has 152 valence electrons. The lowest BCUT2D eigenvalue weighted by Crippen LogP contribution is -2.47. The van der Waals surface area contributed by atoms with Gasteiger partial charge in [-0.3, -0.25) is 9.10 Å². The Morgan fingerprint density at radius 3 is 2.36 bits per heavy atom. The average Bonchev–Trinajstić information content (AvgIpc) is 2.61. The van der Waals surface area contributed by atoms with Crippen LogP contribution in [0.25, 0.3) is 0 Å². The number of anilines is 2. The number of amides is 1.